The lowest BCUT2D eigenvalue weighted by Gasteiger charge is -2.14. The normalized spacial score (nSPS) is 11.9. The van der Waals surface area contributed by atoms with Crippen molar-refractivity contribution in [2.24, 2.45) is 0 Å². The number of nitrogen functional groups attached to an aromatic ring is 1. The van der Waals surface area contributed by atoms with Gasteiger partial charge in [0.1, 0.15) is 17.7 Å². The number of halogens is 2. The minimum Gasteiger partial charge on any atom is -0.488 e. The smallest absolute Gasteiger partial charge is 0.147 e. The summed E-state index contributed by atoms with van der Waals surface area (Å²) in [6, 6.07) is 2.47. The van der Waals surface area contributed by atoms with Crippen molar-refractivity contribution in [3.63, 3.8) is 0 Å². The fraction of sp³-hybridized carbons (Fsp3) is 0.273. The Morgan fingerprint density at radius 2 is 2.33 bits per heavy atom. The molecule has 15 heavy (non-hydrogen) atoms. The van der Waals surface area contributed by atoms with Gasteiger partial charge in [0.05, 0.1) is 10.7 Å². The Kier molecular flexibility index (Phi) is 3.81. The van der Waals surface area contributed by atoms with Crippen molar-refractivity contribution in [1.82, 2.24) is 0 Å². The summed E-state index contributed by atoms with van der Waals surface area (Å²) in [5.74, 6) is 2.25. The van der Waals surface area contributed by atoms with Crippen molar-refractivity contribution in [2.45, 2.75) is 19.4 Å². The van der Waals surface area contributed by atoms with E-state index in [-0.39, 0.29) is 16.8 Å². The van der Waals surface area contributed by atoms with Gasteiger partial charge in [-0.1, -0.05) is 11.6 Å². The van der Waals surface area contributed by atoms with Crippen molar-refractivity contribution >= 4 is 17.3 Å². The summed E-state index contributed by atoms with van der Waals surface area (Å²) in [5.41, 5.74) is 5.39. The SMILES string of the molecule is C#CCC(C)Oc1cc(N)c(F)cc1Cl. The van der Waals surface area contributed by atoms with Crippen LogP contribution >= 0.6 is 11.6 Å². The molecular weight excluding hydrogens is 217 g/mol. The lowest BCUT2D eigenvalue weighted by molar-refractivity contribution is 0.228. The van der Waals surface area contributed by atoms with Crippen LogP contribution in [0.15, 0.2) is 12.1 Å². The Balaban J connectivity index is 2.87. The minimum absolute atomic E-state index is 0.00214. The summed E-state index contributed by atoms with van der Waals surface area (Å²) in [7, 11) is 0. The quantitative estimate of drug-likeness (QED) is 0.637. The molecular formula is C11H11ClFNO. The Morgan fingerprint density at radius 1 is 1.67 bits per heavy atom. The minimum atomic E-state index is -0.558. The number of ether oxygens (including phenoxy) is 1. The molecule has 2 N–H and O–H groups in total. The highest BCUT2D eigenvalue weighted by atomic mass is 35.5. The summed E-state index contributed by atoms with van der Waals surface area (Å²) < 4.78 is 18.3. The van der Waals surface area contributed by atoms with Gasteiger partial charge in [0, 0.05) is 12.5 Å². The lowest BCUT2D eigenvalue weighted by atomic mass is 10.2. The van der Waals surface area contributed by atoms with E-state index < -0.39 is 5.82 Å². The molecule has 0 amide bonds. The lowest BCUT2D eigenvalue weighted by Crippen LogP contribution is -2.11. The molecule has 0 saturated heterocycles. The molecule has 0 fully saturated rings. The van der Waals surface area contributed by atoms with Crippen LogP contribution in [0.25, 0.3) is 0 Å². The van der Waals surface area contributed by atoms with Crippen molar-refractivity contribution in [3.05, 3.63) is 23.0 Å². The van der Waals surface area contributed by atoms with Crippen LogP contribution in [0.5, 0.6) is 5.75 Å². The van der Waals surface area contributed by atoms with Crippen molar-refractivity contribution in [1.29, 1.82) is 0 Å². The maximum absolute atomic E-state index is 12.9. The van der Waals surface area contributed by atoms with E-state index in [0.29, 0.717) is 12.2 Å². The van der Waals surface area contributed by atoms with E-state index in [1.54, 1.807) is 6.92 Å². The largest absolute Gasteiger partial charge is 0.488 e. The summed E-state index contributed by atoms with van der Waals surface area (Å²) in [5, 5.41) is 0.186. The van der Waals surface area contributed by atoms with Crippen molar-refractivity contribution in [2.75, 3.05) is 5.73 Å². The fourth-order valence-corrected chi connectivity index (χ4v) is 1.25. The predicted octanol–water partition coefficient (Wildman–Crippen LogP) is 2.85. The monoisotopic (exact) mass is 227 g/mol. The first-order valence-electron chi connectivity index (χ1n) is 4.39. The van der Waals surface area contributed by atoms with Crippen LogP contribution in [-0.4, -0.2) is 6.10 Å². The maximum atomic E-state index is 12.9. The zero-order chi connectivity index (χ0) is 11.4. The van der Waals surface area contributed by atoms with Gasteiger partial charge in [-0.05, 0) is 13.0 Å². The fourth-order valence-electron chi connectivity index (χ4n) is 1.06. The van der Waals surface area contributed by atoms with E-state index in [1.165, 1.54) is 6.07 Å². The zero-order valence-corrected chi connectivity index (χ0v) is 9.01. The van der Waals surface area contributed by atoms with E-state index in [4.69, 9.17) is 28.5 Å². The first-order valence-corrected chi connectivity index (χ1v) is 4.77. The summed E-state index contributed by atoms with van der Waals surface area (Å²) in [6.45, 7) is 1.80. The highest BCUT2D eigenvalue weighted by Gasteiger charge is 2.10. The van der Waals surface area contributed by atoms with Gasteiger partial charge < -0.3 is 10.5 Å². The maximum Gasteiger partial charge on any atom is 0.147 e. The molecule has 1 aromatic rings. The first kappa shape index (κ1) is 11.7. The number of benzene rings is 1. The van der Waals surface area contributed by atoms with E-state index in [9.17, 15) is 4.39 Å². The summed E-state index contributed by atoms with van der Waals surface area (Å²) >= 11 is 5.77. The molecule has 0 aliphatic heterocycles. The molecule has 0 aromatic heterocycles. The van der Waals surface area contributed by atoms with Gasteiger partial charge in [0.2, 0.25) is 0 Å². The topological polar surface area (TPSA) is 35.2 Å². The van der Waals surface area contributed by atoms with Gasteiger partial charge in [0.15, 0.2) is 0 Å². The molecule has 0 radical (unpaired) electrons. The van der Waals surface area contributed by atoms with Crippen molar-refractivity contribution in [3.8, 4) is 18.1 Å². The third-order valence-electron chi connectivity index (χ3n) is 1.78. The molecule has 4 heteroatoms. The predicted molar refractivity (Wildman–Crippen MR) is 59.4 cm³/mol. The third kappa shape index (κ3) is 3.03. The standard InChI is InChI=1S/C11H11ClFNO/c1-3-4-7(2)15-11-6-10(14)9(13)5-8(11)12/h1,5-7H,4,14H2,2H3. The van der Waals surface area contributed by atoms with Gasteiger partial charge in [-0.25, -0.2) is 4.39 Å². The Morgan fingerprint density at radius 3 is 2.93 bits per heavy atom. The average molecular weight is 228 g/mol. The molecule has 2 nitrogen and oxygen atoms in total. The van der Waals surface area contributed by atoms with Crippen LogP contribution in [0, 0.1) is 18.2 Å². The number of hydrogen-bond acceptors (Lipinski definition) is 2. The van der Waals surface area contributed by atoms with Gasteiger partial charge in [-0.3, -0.25) is 0 Å². The molecule has 1 atom stereocenters. The van der Waals surface area contributed by atoms with Crippen LogP contribution in [0.2, 0.25) is 5.02 Å². The summed E-state index contributed by atoms with van der Waals surface area (Å²) in [4.78, 5) is 0. The number of rotatable bonds is 3. The number of nitrogens with two attached hydrogens (primary N) is 1. The molecule has 80 valence electrons. The van der Waals surface area contributed by atoms with Crippen molar-refractivity contribution < 1.29 is 9.13 Å². The number of terminal acetylenes is 1. The zero-order valence-electron chi connectivity index (χ0n) is 8.26. The second-order valence-electron chi connectivity index (χ2n) is 3.14. The second kappa shape index (κ2) is 4.90. The molecule has 0 heterocycles. The van der Waals surface area contributed by atoms with E-state index in [0.717, 1.165) is 6.07 Å². The second-order valence-corrected chi connectivity index (χ2v) is 3.55. The molecule has 0 saturated carbocycles. The van der Waals surface area contributed by atoms with Crippen LogP contribution in [0.3, 0.4) is 0 Å². The number of anilines is 1. The summed E-state index contributed by atoms with van der Waals surface area (Å²) in [6.07, 6.45) is 5.40. The van der Waals surface area contributed by atoms with Crippen LogP contribution in [0.4, 0.5) is 10.1 Å². The molecule has 0 aliphatic carbocycles. The molecule has 1 aromatic carbocycles. The van der Waals surface area contributed by atoms with Gasteiger partial charge >= 0.3 is 0 Å². The molecule has 0 spiro atoms. The van der Waals surface area contributed by atoms with Gasteiger partial charge in [-0.2, -0.15) is 0 Å². The van der Waals surface area contributed by atoms with Gasteiger partial charge in [0.25, 0.3) is 0 Å². The Hall–Kier alpha value is -1.40. The van der Waals surface area contributed by atoms with Gasteiger partial charge in [-0.15, -0.1) is 12.3 Å². The first-order chi connectivity index (χ1) is 7.04. The van der Waals surface area contributed by atoms with E-state index in [2.05, 4.69) is 5.92 Å². The van der Waals surface area contributed by atoms with E-state index >= 15 is 0 Å². The highest BCUT2D eigenvalue weighted by molar-refractivity contribution is 6.32. The number of hydrogen-bond donors (Lipinski definition) is 1. The van der Waals surface area contributed by atoms with E-state index in [1.807, 2.05) is 0 Å². The van der Waals surface area contributed by atoms with Crippen LogP contribution in [-0.2, 0) is 0 Å². The Labute approximate surface area is 93.2 Å². The molecule has 1 unspecified atom stereocenters. The third-order valence-corrected chi connectivity index (χ3v) is 2.08. The highest BCUT2D eigenvalue weighted by Crippen LogP contribution is 2.29. The molecule has 1 rings (SSSR count). The van der Waals surface area contributed by atoms with Crippen LogP contribution in [0.1, 0.15) is 13.3 Å². The Bertz CT molecular complexity index is 400. The molecule has 0 aliphatic rings. The van der Waals surface area contributed by atoms with Crippen LogP contribution < -0.4 is 10.5 Å². The average Bonchev–Trinajstić information content (AvgIpc) is 2.14. The molecule has 0 bridgehead atoms.